The third-order valence-corrected chi connectivity index (χ3v) is 4.51. The Morgan fingerprint density at radius 3 is 3.04 bits per heavy atom. The lowest BCUT2D eigenvalue weighted by molar-refractivity contribution is 0.0929. The van der Waals surface area contributed by atoms with E-state index in [1.54, 1.807) is 12.1 Å². The molecule has 1 aliphatic heterocycles. The molecular formula is C18H19FN2O3. The number of carbonyl (C=O) groups excluding carboxylic acids is 1. The topological polar surface area (TPSA) is 64.4 Å². The van der Waals surface area contributed by atoms with E-state index >= 15 is 0 Å². The predicted octanol–water partition coefficient (Wildman–Crippen LogP) is 3.41. The van der Waals surface area contributed by atoms with Crippen LogP contribution in [0.4, 0.5) is 4.39 Å². The molecule has 1 atom stereocenters. The Balaban J connectivity index is 1.51. The number of fused-ring (bicyclic) bond motifs is 1. The molecule has 5 nitrogen and oxygen atoms in total. The number of hydrogen-bond acceptors (Lipinski definition) is 4. The smallest absolute Gasteiger partial charge is 0.273 e. The van der Waals surface area contributed by atoms with Crippen LogP contribution in [0.2, 0.25) is 0 Å². The van der Waals surface area contributed by atoms with E-state index in [9.17, 15) is 9.18 Å². The second-order valence-corrected chi connectivity index (χ2v) is 6.45. The fourth-order valence-corrected chi connectivity index (χ4v) is 3.03. The van der Waals surface area contributed by atoms with Gasteiger partial charge in [0.05, 0.1) is 12.6 Å². The van der Waals surface area contributed by atoms with Gasteiger partial charge in [-0.25, -0.2) is 9.37 Å². The number of nitrogens with one attached hydrogen (secondary N) is 1. The first-order valence-electron chi connectivity index (χ1n) is 8.37. The molecule has 0 unspecified atom stereocenters. The molecule has 1 aliphatic carbocycles. The first-order valence-corrected chi connectivity index (χ1v) is 8.37. The molecule has 0 spiro atoms. The van der Waals surface area contributed by atoms with Crippen molar-refractivity contribution in [3.05, 3.63) is 47.4 Å². The van der Waals surface area contributed by atoms with Crippen LogP contribution in [-0.2, 0) is 6.42 Å². The Kier molecular flexibility index (Phi) is 3.96. The number of halogens is 1. The van der Waals surface area contributed by atoms with E-state index in [-0.39, 0.29) is 23.4 Å². The van der Waals surface area contributed by atoms with Crippen molar-refractivity contribution in [3.63, 3.8) is 0 Å². The van der Waals surface area contributed by atoms with Crippen LogP contribution in [0.1, 0.15) is 53.7 Å². The van der Waals surface area contributed by atoms with Gasteiger partial charge in [0.1, 0.15) is 6.26 Å². The highest BCUT2D eigenvalue weighted by molar-refractivity contribution is 5.92. The van der Waals surface area contributed by atoms with Gasteiger partial charge in [-0.2, -0.15) is 0 Å². The molecule has 0 saturated heterocycles. The summed E-state index contributed by atoms with van der Waals surface area (Å²) in [4.78, 5) is 16.7. The maximum absolute atomic E-state index is 14.0. The van der Waals surface area contributed by atoms with Gasteiger partial charge < -0.3 is 14.5 Å². The van der Waals surface area contributed by atoms with E-state index in [1.807, 2.05) is 0 Å². The highest BCUT2D eigenvalue weighted by atomic mass is 19.1. The van der Waals surface area contributed by atoms with E-state index in [0.29, 0.717) is 30.4 Å². The highest BCUT2D eigenvalue weighted by Gasteiger charge is 2.27. The van der Waals surface area contributed by atoms with Crippen LogP contribution in [-0.4, -0.2) is 17.5 Å². The summed E-state index contributed by atoms with van der Waals surface area (Å²) in [6, 6.07) is 4.49. The summed E-state index contributed by atoms with van der Waals surface area (Å²) in [6.45, 7) is 0.440. The molecular weight excluding hydrogens is 311 g/mol. The second kappa shape index (κ2) is 6.26. The van der Waals surface area contributed by atoms with Crippen LogP contribution in [0.5, 0.6) is 5.75 Å². The molecule has 24 heavy (non-hydrogen) atoms. The Morgan fingerprint density at radius 1 is 1.33 bits per heavy atom. The van der Waals surface area contributed by atoms with Gasteiger partial charge in [0.2, 0.25) is 0 Å². The van der Waals surface area contributed by atoms with Gasteiger partial charge in [-0.05, 0) is 37.7 Å². The van der Waals surface area contributed by atoms with Crippen LogP contribution < -0.4 is 10.1 Å². The van der Waals surface area contributed by atoms with Crippen molar-refractivity contribution < 1.29 is 18.3 Å². The number of carbonyl (C=O) groups is 1. The Labute approximate surface area is 139 Å². The molecule has 0 radical (unpaired) electrons. The quantitative estimate of drug-likeness (QED) is 0.933. The molecule has 0 bridgehead atoms. The molecule has 2 aromatic rings. The highest BCUT2D eigenvalue weighted by Crippen LogP contribution is 2.34. The number of para-hydroxylation sites is 1. The number of amides is 1. The van der Waals surface area contributed by atoms with Gasteiger partial charge in [0, 0.05) is 12.0 Å². The summed E-state index contributed by atoms with van der Waals surface area (Å²) in [5.74, 6) is 0.784. The minimum atomic E-state index is -0.401. The van der Waals surface area contributed by atoms with E-state index in [2.05, 4.69) is 10.3 Å². The van der Waals surface area contributed by atoms with Gasteiger partial charge >= 0.3 is 0 Å². The normalized spacial score (nSPS) is 20.0. The minimum Gasteiger partial charge on any atom is -0.490 e. The molecule has 1 aromatic carbocycles. The summed E-state index contributed by atoms with van der Waals surface area (Å²) in [5, 5.41) is 2.93. The van der Waals surface area contributed by atoms with E-state index < -0.39 is 5.82 Å². The Hall–Kier alpha value is -2.37. The summed E-state index contributed by atoms with van der Waals surface area (Å²) < 4.78 is 24.8. The number of oxazole rings is 1. The molecule has 4 rings (SSSR count). The number of benzene rings is 1. The molecule has 2 aliphatic rings. The van der Waals surface area contributed by atoms with Gasteiger partial charge in [-0.15, -0.1) is 0 Å². The lowest BCUT2D eigenvalue weighted by Crippen LogP contribution is -2.28. The predicted molar refractivity (Wildman–Crippen MR) is 84.3 cm³/mol. The maximum Gasteiger partial charge on any atom is 0.273 e. The number of hydrogen-bond donors (Lipinski definition) is 1. The van der Waals surface area contributed by atoms with Crippen LogP contribution in [0.15, 0.2) is 28.9 Å². The molecule has 126 valence electrons. The standard InChI is InChI=1S/C18H19FN2O3/c19-13-4-1-3-12-14(5-2-8-23-17(12)13)21-18(22)15-10-24-16(20-15)9-11-6-7-11/h1,3-4,10-11,14H,2,5-9H2,(H,21,22)/t14-/m0/s1. The molecule has 1 aromatic heterocycles. The van der Waals surface area contributed by atoms with E-state index in [1.165, 1.54) is 25.2 Å². The monoisotopic (exact) mass is 330 g/mol. The van der Waals surface area contributed by atoms with E-state index in [0.717, 1.165) is 12.8 Å². The zero-order valence-corrected chi connectivity index (χ0v) is 13.3. The van der Waals surface area contributed by atoms with Crippen molar-refractivity contribution in [1.82, 2.24) is 10.3 Å². The number of rotatable bonds is 4. The number of nitrogens with zero attached hydrogens (tertiary/aromatic N) is 1. The third-order valence-electron chi connectivity index (χ3n) is 4.51. The summed E-state index contributed by atoms with van der Waals surface area (Å²) >= 11 is 0. The van der Waals surface area contributed by atoms with Crippen molar-refractivity contribution >= 4 is 5.91 Å². The molecule has 2 heterocycles. The zero-order valence-electron chi connectivity index (χ0n) is 13.3. The number of ether oxygens (including phenoxy) is 1. The first kappa shape index (κ1) is 15.2. The Morgan fingerprint density at radius 2 is 2.21 bits per heavy atom. The minimum absolute atomic E-state index is 0.231. The summed E-state index contributed by atoms with van der Waals surface area (Å²) in [7, 11) is 0. The van der Waals surface area contributed by atoms with E-state index in [4.69, 9.17) is 9.15 Å². The van der Waals surface area contributed by atoms with Crippen LogP contribution >= 0.6 is 0 Å². The van der Waals surface area contributed by atoms with Crippen molar-refractivity contribution in [2.45, 2.75) is 38.1 Å². The average Bonchev–Trinajstić information content (AvgIpc) is 3.30. The van der Waals surface area contributed by atoms with Crippen LogP contribution in [0, 0.1) is 11.7 Å². The lowest BCUT2D eigenvalue weighted by atomic mass is 10.0. The third kappa shape index (κ3) is 3.13. The van der Waals surface area contributed by atoms with Crippen molar-refractivity contribution in [1.29, 1.82) is 0 Å². The fraction of sp³-hybridized carbons (Fsp3) is 0.444. The first-order chi connectivity index (χ1) is 11.7. The van der Waals surface area contributed by atoms with Crippen LogP contribution in [0.25, 0.3) is 0 Å². The molecule has 1 N–H and O–H groups in total. The summed E-state index contributed by atoms with van der Waals surface area (Å²) in [5.41, 5.74) is 0.941. The Bertz CT molecular complexity index is 754. The zero-order chi connectivity index (χ0) is 16.5. The molecule has 1 amide bonds. The van der Waals surface area contributed by atoms with Crippen molar-refractivity contribution in [2.24, 2.45) is 5.92 Å². The summed E-state index contributed by atoms with van der Waals surface area (Å²) in [6.07, 6.45) is 6.02. The maximum atomic E-state index is 14.0. The molecule has 1 saturated carbocycles. The second-order valence-electron chi connectivity index (χ2n) is 6.45. The number of aromatic nitrogens is 1. The van der Waals surface area contributed by atoms with Crippen molar-refractivity contribution in [2.75, 3.05) is 6.61 Å². The SMILES string of the molecule is O=C(N[C@H]1CCCOc2c(F)cccc21)c1coc(CC2CC2)n1. The van der Waals surface area contributed by atoms with Gasteiger partial charge in [0.25, 0.3) is 5.91 Å². The van der Waals surface area contributed by atoms with Gasteiger partial charge in [-0.1, -0.05) is 12.1 Å². The average molecular weight is 330 g/mol. The fourth-order valence-electron chi connectivity index (χ4n) is 3.03. The van der Waals surface area contributed by atoms with Crippen LogP contribution in [0.3, 0.4) is 0 Å². The largest absolute Gasteiger partial charge is 0.490 e. The van der Waals surface area contributed by atoms with Gasteiger partial charge in [-0.3, -0.25) is 4.79 Å². The van der Waals surface area contributed by atoms with Crippen molar-refractivity contribution in [3.8, 4) is 5.75 Å². The molecule has 6 heteroatoms. The lowest BCUT2D eigenvalue weighted by Gasteiger charge is -2.17. The molecule has 1 fully saturated rings. The van der Waals surface area contributed by atoms with Gasteiger partial charge in [0.15, 0.2) is 23.2 Å².